The highest BCUT2D eigenvalue weighted by atomic mass is 14.8. The van der Waals surface area contributed by atoms with Crippen LogP contribution in [0, 0.1) is 24.2 Å². The minimum atomic E-state index is 0.863. The largest absolute Gasteiger partial charge is 0.316 e. The summed E-state index contributed by atoms with van der Waals surface area (Å²) in [5, 5.41) is 3.40. The highest BCUT2D eigenvalue weighted by Gasteiger charge is 2.17. The molecule has 0 atom stereocenters. The minimum Gasteiger partial charge on any atom is -0.316 e. The second-order valence-corrected chi connectivity index (χ2v) is 4.62. The molecule has 1 rings (SSSR count). The maximum absolute atomic E-state index is 5.18. The van der Waals surface area contributed by atoms with Gasteiger partial charge >= 0.3 is 0 Å². The first-order valence-corrected chi connectivity index (χ1v) is 5.97. The maximum Gasteiger partial charge on any atom is 0.0211 e. The van der Waals surface area contributed by atoms with Gasteiger partial charge in [-0.15, -0.1) is 12.3 Å². The van der Waals surface area contributed by atoms with Crippen molar-refractivity contribution in [3.63, 3.8) is 0 Å². The molecule has 1 N–H and O–H groups in total. The molecule has 0 unspecified atom stereocenters. The molecule has 80 valence electrons. The summed E-state index contributed by atoms with van der Waals surface area (Å²) < 4.78 is 0. The molecular formula is C13H23N. The van der Waals surface area contributed by atoms with Crippen LogP contribution in [-0.2, 0) is 0 Å². The topological polar surface area (TPSA) is 12.0 Å². The van der Waals surface area contributed by atoms with E-state index in [0.29, 0.717) is 0 Å². The summed E-state index contributed by atoms with van der Waals surface area (Å²) in [6, 6.07) is 0. The van der Waals surface area contributed by atoms with E-state index in [9.17, 15) is 0 Å². The van der Waals surface area contributed by atoms with Gasteiger partial charge < -0.3 is 5.32 Å². The first-order valence-electron chi connectivity index (χ1n) is 5.97. The van der Waals surface area contributed by atoms with E-state index in [2.05, 4.69) is 18.2 Å². The fourth-order valence-corrected chi connectivity index (χ4v) is 2.21. The van der Waals surface area contributed by atoms with E-state index in [0.717, 1.165) is 31.3 Å². The van der Waals surface area contributed by atoms with Crippen LogP contribution in [-0.4, -0.2) is 13.1 Å². The van der Waals surface area contributed by atoms with Gasteiger partial charge in [0.1, 0.15) is 0 Å². The molecule has 0 saturated heterocycles. The number of hydrogen-bond donors (Lipinski definition) is 1. The van der Waals surface area contributed by atoms with Gasteiger partial charge in [-0.3, -0.25) is 0 Å². The second-order valence-electron chi connectivity index (χ2n) is 4.62. The van der Waals surface area contributed by atoms with E-state index in [1.807, 2.05) is 0 Å². The Hall–Kier alpha value is -0.480. The molecule has 1 aliphatic carbocycles. The number of hydrogen-bond acceptors (Lipinski definition) is 1. The van der Waals surface area contributed by atoms with Crippen LogP contribution in [0.4, 0.5) is 0 Å². The molecular weight excluding hydrogens is 170 g/mol. The third kappa shape index (κ3) is 4.67. The number of rotatable bonds is 5. The Morgan fingerprint density at radius 1 is 1.21 bits per heavy atom. The number of terminal acetylenes is 1. The van der Waals surface area contributed by atoms with Gasteiger partial charge in [0.25, 0.3) is 0 Å². The quantitative estimate of drug-likeness (QED) is 0.523. The molecule has 1 saturated carbocycles. The second kappa shape index (κ2) is 6.90. The molecule has 0 radical (unpaired) electrons. The Labute approximate surface area is 88.7 Å². The standard InChI is InChI=1S/C13H23N/c1-3-4-10-14-11-9-13-7-5-12(2)6-8-13/h1,12-14H,4-11H2,2H3. The van der Waals surface area contributed by atoms with Crippen LogP contribution in [0.25, 0.3) is 0 Å². The molecule has 1 heteroatoms. The van der Waals surface area contributed by atoms with Gasteiger partial charge in [-0.2, -0.15) is 0 Å². The Kier molecular flexibility index (Phi) is 5.71. The third-order valence-electron chi connectivity index (χ3n) is 3.31. The van der Waals surface area contributed by atoms with E-state index in [1.54, 1.807) is 0 Å². The van der Waals surface area contributed by atoms with Crippen molar-refractivity contribution in [1.82, 2.24) is 5.32 Å². The average Bonchev–Trinajstić information content (AvgIpc) is 2.21. The van der Waals surface area contributed by atoms with E-state index >= 15 is 0 Å². The monoisotopic (exact) mass is 193 g/mol. The van der Waals surface area contributed by atoms with Crippen LogP contribution in [0.5, 0.6) is 0 Å². The SMILES string of the molecule is C#CCCNCCC1CCC(C)CC1. The average molecular weight is 193 g/mol. The molecule has 0 aromatic carbocycles. The summed E-state index contributed by atoms with van der Waals surface area (Å²) in [5.41, 5.74) is 0. The van der Waals surface area contributed by atoms with Crippen molar-refractivity contribution in [2.75, 3.05) is 13.1 Å². The van der Waals surface area contributed by atoms with Gasteiger partial charge in [0.15, 0.2) is 0 Å². The smallest absolute Gasteiger partial charge is 0.0211 e. The Morgan fingerprint density at radius 2 is 1.93 bits per heavy atom. The van der Waals surface area contributed by atoms with Crippen molar-refractivity contribution in [3.8, 4) is 12.3 Å². The van der Waals surface area contributed by atoms with Crippen LogP contribution in [0.15, 0.2) is 0 Å². The summed E-state index contributed by atoms with van der Waals surface area (Å²) >= 11 is 0. The van der Waals surface area contributed by atoms with Crippen LogP contribution in [0.1, 0.15) is 45.4 Å². The highest BCUT2D eigenvalue weighted by Crippen LogP contribution is 2.29. The molecule has 1 aliphatic rings. The van der Waals surface area contributed by atoms with Crippen LogP contribution in [0.3, 0.4) is 0 Å². The molecule has 0 aliphatic heterocycles. The van der Waals surface area contributed by atoms with Gasteiger partial charge in [-0.1, -0.05) is 32.6 Å². The fourth-order valence-electron chi connectivity index (χ4n) is 2.21. The summed E-state index contributed by atoms with van der Waals surface area (Å²) in [5.74, 6) is 4.60. The lowest BCUT2D eigenvalue weighted by atomic mass is 9.81. The molecule has 0 amide bonds. The molecule has 0 heterocycles. The zero-order valence-electron chi connectivity index (χ0n) is 9.39. The van der Waals surface area contributed by atoms with Crippen molar-refractivity contribution < 1.29 is 0 Å². The Bertz CT molecular complexity index is 172. The minimum absolute atomic E-state index is 0.863. The van der Waals surface area contributed by atoms with Crippen molar-refractivity contribution in [2.45, 2.75) is 45.4 Å². The van der Waals surface area contributed by atoms with E-state index in [1.165, 1.54) is 32.1 Å². The highest BCUT2D eigenvalue weighted by molar-refractivity contribution is 4.84. The van der Waals surface area contributed by atoms with Crippen molar-refractivity contribution in [2.24, 2.45) is 11.8 Å². The van der Waals surface area contributed by atoms with Crippen molar-refractivity contribution in [3.05, 3.63) is 0 Å². The van der Waals surface area contributed by atoms with E-state index in [-0.39, 0.29) is 0 Å². The lowest BCUT2D eigenvalue weighted by Crippen LogP contribution is -2.21. The van der Waals surface area contributed by atoms with Crippen LogP contribution < -0.4 is 5.32 Å². The lowest BCUT2D eigenvalue weighted by molar-refractivity contribution is 0.275. The Balaban J connectivity index is 1.94. The molecule has 0 aromatic heterocycles. The zero-order valence-corrected chi connectivity index (χ0v) is 9.39. The summed E-state index contributed by atoms with van der Waals surface area (Å²) in [4.78, 5) is 0. The number of nitrogens with one attached hydrogen (secondary N) is 1. The van der Waals surface area contributed by atoms with Gasteiger partial charge in [-0.25, -0.2) is 0 Å². The van der Waals surface area contributed by atoms with Gasteiger partial charge in [0.05, 0.1) is 0 Å². The van der Waals surface area contributed by atoms with Crippen molar-refractivity contribution in [1.29, 1.82) is 0 Å². The molecule has 1 nitrogen and oxygen atoms in total. The molecule has 1 fully saturated rings. The molecule has 0 spiro atoms. The van der Waals surface area contributed by atoms with Gasteiger partial charge in [0.2, 0.25) is 0 Å². The summed E-state index contributed by atoms with van der Waals surface area (Å²) in [6.07, 6.45) is 13.2. The lowest BCUT2D eigenvalue weighted by Gasteiger charge is -2.26. The molecule has 0 bridgehead atoms. The van der Waals surface area contributed by atoms with Crippen LogP contribution in [0.2, 0.25) is 0 Å². The molecule has 14 heavy (non-hydrogen) atoms. The fraction of sp³-hybridized carbons (Fsp3) is 0.846. The predicted octanol–water partition coefficient (Wildman–Crippen LogP) is 2.82. The van der Waals surface area contributed by atoms with Gasteiger partial charge in [0, 0.05) is 13.0 Å². The normalized spacial score (nSPS) is 27.1. The molecule has 0 aromatic rings. The first kappa shape index (κ1) is 11.6. The van der Waals surface area contributed by atoms with E-state index in [4.69, 9.17) is 6.42 Å². The predicted molar refractivity (Wildman–Crippen MR) is 62.1 cm³/mol. The maximum atomic E-state index is 5.18. The van der Waals surface area contributed by atoms with E-state index < -0.39 is 0 Å². The Morgan fingerprint density at radius 3 is 2.57 bits per heavy atom. The van der Waals surface area contributed by atoms with Crippen LogP contribution >= 0.6 is 0 Å². The summed E-state index contributed by atoms with van der Waals surface area (Å²) in [7, 11) is 0. The summed E-state index contributed by atoms with van der Waals surface area (Å²) in [6.45, 7) is 4.52. The third-order valence-corrected chi connectivity index (χ3v) is 3.31. The zero-order chi connectivity index (χ0) is 10.2. The van der Waals surface area contributed by atoms with Crippen molar-refractivity contribution >= 4 is 0 Å². The van der Waals surface area contributed by atoms with Gasteiger partial charge in [-0.05, 0) is 24.8 Å². The first-order chi connectivity index (χ1) is 6.83.